The molecule has 0 radical (unpaired) electrons. The number of para-hydroxylation sites is 1. The Morgan fingerprint density at radius 2 is 1.83 bits per heavy atom. The molecule has 0 spiro atoms. The molecule has 1 aromatic rings. The first-order valence-electron chi connectivity index (χ1n) is 7.22. The molecule has 0 bridgehead atoms. The summed E-state index contributed by atoms with van der Waals surface area (Å²) in [4.78, 5) is 37.0. The van der Waals surface area contributed by atoms with Crippen LogP contribution in [0.25, 0.3) is 0 Å². The van der Waals surface area contributed by atoms with Gasteiger partial charge in [0.25, 0.3) is 5.91 Å². The number of hydrogen-bond acceptors (Lipinski definition) is 4. The zero-order chi connectivity index (χ0) is 17.2. The molecular weight excluding hydrogens is 298 g/mol. The number of aliphatic carboxylic acids is 1. The number of nitrogens with zero attached hydrogens (tertiary/aromatic N) is 3. The molecule has 2 rings (SSSR count). The van der Waals surface area contributed by atoms with E-state index < -0.39 is 17.4 Å². The lowest BCUT2D eigenvalue weighted by Gasteiger charge is -2.33. The number of carbonyl (C=O) groups is 3. The molecule has 0 unspecified atom stereocenters. The average molecular weight is 317 g/mol. The molecule has 7 heteroatoms. The summed E-state index contributed by atoms with van der Waals surface area (Å²) in [5.41, 5.74) is -0.619. The van der Waals surface area contributed by atoms with Crippen LogP contribution in [0.2, 0.25) is 0 Å². The molecule has 1 aromatic carbocycles. The molecule has 1 N–H and O–H groups in total. The maximum absolute atomic E-state index is 12.5. The van der Waals surface area contributed by atoms with Gasteiger partial charge in [0.05, 0.1) is 5.69 Å². The van der Waals surface area contributed by atoms with Crippen LogP contribution >= 0.6 is 0 Å². The van der Waals surface area contributed by atoms with Gasteiger partial charge in [-0.15, -0.1) is 0 Å². The Bertz CT molecular complexity index is 667. The van der Waals surface area contributed by atoms with Gasteiger partial charge in [0.2, 0.25) is 5.91 Å². The highest BCUT2D eigenvalue weighted by molar-refractivity contribution is 6.40. The van der Waals surface area contributed by atoms with Crippen LogP contribution < -0.4 is 5.01 Å². The minimum atomic E-state index is -1.36. The fraction of sp³-hybridized carbons (Fsp3) is 0.375. The third-order valence-electron chi connectivity index (χ3n) is 3.95. The lowest BCUT2D eigenvalue weighted by molar-refractivity contribution is -0.153. The Morgan fingerprint density at radius 3 is 2.39 bits per heavy atom. The van der Waals surface area contributed by atoms with E-state index in [0.717, 1.165) is 4.90 Å². The zero-order valence-electron chi connectivity index (χ0n) is 13.3. The highest BCUT2D eigenvalue weighted by atomic mass is 16.4. The van der Waals surface area contributed by atoms with E-state index >= 15 is 0 Å². The van der Waals surface area contributed by atoms with Gasteiger partial charge in [-0.1, -0.05) is 18.2 Å². The number of benzene rings is 1. The second-order valence-electron chi connectivity index (χ2n) is 5.82. The van der Waals surface area contributed by atoms with Gasteiger partial charge in [-0.25, -0.2) is 9.80 Å². The van der Waals surface area contributed by atoms with Crippen molar-refractivity contribution in [2.24, 2.45) is 5.10 Å². The maximum atomic E-state index is 12.5. The van der Waals surface area contributed by atoms with Gasteiger partial charge in [-0.05, 0) is 26.0 Å². The number of amides is 2. The predicted molar refractivity (Wildman–Crippen MR) is 85.1 cm³/mol. The van der Waals surface area contributed by atoms with Crippen LogP contribution in [0.3, 0.4) is 0 Å². The number of hydrogen-bond donors (Lipinski definition) is 1. The molecule has 0 saturated carbocycles. The van der Waals surface area contributed by atoms with Crippen molar-refractivity contribution in [3.63, 3.8) is 0 Å². The number of hydrazone groups is 1. The van der Waals surface area contributed by atoms with Gasteiger partial charge < -0.3 is 10.0 Å². The number of carbonyl (C=O) groups excluding carboxylic acids is 2. The number of rotatable bonds is 4. The van der Waals surface area contributed by atoms with Gasteiger partial charge in [0.1, 0.15) is 11.3 Å². The van der Waals surface area contributed by atoms with E-state index in [-0.39, 0.29) is 24.5 Å². The SMILES string of the molecule is CN(C(=O)C1=NN(c2ccccc2)C(=O)CC1)C(C)(C)C(=O)O. The second kappa shape index (κ2) is 6.20. The highest BCUT2D eigenvalue weighted by Crippen LogP contribution is 2.21. The van der Waals surface area contributed by atoms with Gasteiger partial charge in [-0.2, -0.15) is 5.10 Å². The van der Waals surface area contributed by atoms with Crippen LogP contribution in [0.4, 0.5) is 5.69 Å². The van der Waals surface area contributed by atoms with Crippen molar-refractivity contribution in [3.05, 3.63) is 30.3 Å². The normalized spacial score (nSPS) is 15.2. The molecule has 7 nitrogen and oxygen atoms in total. The number of likely N-dealkylation sites (N-methyl/N-ethyl adjacent to an activating group) is 1. The van der Waals surface area contributed by atoms with E-state index in [1.54, 1.807) is 24.3 Å². The molecule has 1 heterocycles. The highest BCUT2D eigenvalue weighted by Gasteiger charge is 2.38. The monoisotopic (exact) mass is 317 g/mol. The van der Waals surface area contributed by atoms with E-state index in [2.05, 4.69) is 5.10 Å². The van der Waals surface area contributed by atoms with Crippen LogP contribution in [0.5, 0.6) is 0 Å². The standard InChI is InChI=1S/C16H19N3O4/c1-16(2,15(22)23)18(3)14(21)12-9-10-13(20)19(17-12)11-7-5-4-6-8-11/h4-8H,9-10H2,1-3H3,(H,22,23). The smallest absolute Gasteiger partial charge is 0.329 e. The molecule has 122 valence electrons. The Balaban J connectivity index is 2.30. The topological polar surface area (TPSA) is 90.3 Å². The molecule has 0 aromatic heterocycles. The second-order valence-corrected chi connectivity index (χ2v) is 5.82. The van der Waals surface area contributed by atoms with Crippen LogP contribution in [-0.2, 0) is 14.4 Å². The van der Waals surface area contributed by atoms with Crippen molar-refractivity contribution in [1.82, 2.24) is 4.90 Å². The van der Waals surface area contributed by atoms with Crippen LogP contribution in [0, 0.1) is 0 Å². The summed E-state index contributed by atoms with van der Waals surface area (Å²) in [7, 11) is 1.42. The summed E-state index contributed by atoms with van der Waals surface area (Å²) in [6.07, 6.45) is 0.349. The number of carboxylic acid groups (broad SMARTS) is 1. The van der Waals surface area contributed by atoms with Crippen LogP contribution in [0.15, 0.2) is 35.4 Å². The molecule has 2 amide bonds. The summed E-state index contributed by atoms with van der Waals surface area (Å²) in [6, 6.07) is 8.80. The predicted octanol–water partition coefficient (Wildman–Crippen LogP) is 1.49. The molecule has 0 atom stereocenters. The Kier molecular flexibility index (Phi) is 4.49. The van der Waals surface area contributed by atoms with Gasteiger partial charge >= 0.3 is 5.97 Å². The quantitative estimate of drug-likeness (QED) is 0.911. The zero-order valence-corrected chi connectivity index (χ0v) is 13.3. The minimum absolute atomic E-state index is 0.154. The first-order valence-corrected chi connectivity index (χ1v) is 7.22. The first-order chi connectivity index (χ1) is 10.7. The third-order valence-corrected chi connectivity index (χ3v) is 3.95. The van der Waals surface area contributed by atoms with Crippen molar-refractivity contribution in [2.45, 2.75) is 32.2 Å². The molecule has 0 aliphatic carbocycles. The van der Waals surface area contributed by atoms with Crippen LogP contribution in [-0.4, -0.2) is 46.1 Å². The van der Waals surface area contributed by atoms with Crippen molar-refractivity contribution in [3.8, 4) is 0 Å². The van der Waals surface area contributed by atoms with Gasteiger partial charge in [0, 0.05) is 19.9 Å². The summed E-state index contributed by atoms with van der Waals surface area (Å²) in [5.74, 6) is -1.81. The molecular formula is C16H19N3O4. The van der Waals surface area contributed by atoms with E-state index in [4.69, 9.17) is 0 Å². The molecule has 23 heavy (non-hydrogen) atoms. The Morgan fingerprint density at radius 1 is 1.22 bits per heavy atom. The molecule has 0 fully saturated rings. The molecule has 1 aliphatic rings. The Labute approximate surface area is 134 Å². The van der Waals surface area contributed by atoms with Crippen molar-refractivity contribution in [2.75, 3.05) is 12.1 Å². The van der Waals surface area contributed by atoms with E-state index in [9.17, 15) is 19.5 Å². The lowest BCUT2D eigenvalue weighted by atomic mass is 10.0. The largest absolute Gasteiger partial charge is 0.480 e. The summed E-state index contributed by atoms with van der Waals surface area (Å²) >= 11 is 0. The average Bonchev–Trinajstić information content (AvgIpc) is 2.54. The van der Waals surface area contributed by atoms with E-state index in [1.165, 1.54) is 25.9 Å². The Hall–Kier alpha value is -2.70. The van der Waals surface area contributed by atoms with E-state index in [0.29, 0.717) is 5.69 Å². The van der Waals surface area contributed by atoms with Gasteiger partial charge in [0.15, 0.2) is 0 Å². The lowest BCUT2D eigenvalue weighted by Crippen LogP contribution is -2.53. The summed E-state index contributed by atoms with van der Waals surface area (Å²) in [6.45, 7) is 2.88. The molecule has 1 aliphatic heterocycles. The third kappa shape index (κ3) is 3.23. The van der Waals surface area contributed by atoms with Crippen molar-refractivity contribution < 1.29 is 19.5 Å². The minimum Gasteiger partial charge on any atom is -0.480 e. The van der Waals surface area contributed by atoms with Gasteiger partial charge in [-0.3, -0.25) is 9.59 Å². The first kappa shape index (κ1) is 16.7. The fourth-order valence-electron chi connectivity index (χ4n) is 2.07. The fourth-order valence-corrected chi connectivity index (χ4v) is 2.07. The number of anilines is 1. The van der Waals surface area contributed by atoms with E-state index in [1.807, 2.05) is 6.07 Å². The van der Waals surface area contributed by atoms with Crippen LogP contribution in [0.1, 0.15) is 26.7 Å². The van der Waals surface area contributed by atoms with Crippen molar-refractivity contribution in [1.29, 1.82) is 0 Å². The number of carboxylic acids is 1. The van der Waals surface area contributed by atoms with Crippen molar-refractivity contribution >= 4 is 29.2 Å². The summed E-state index contributed by atoms with van der Waals surface area (Å²) < 4.78 is 0. The maximum Gasteiger partial charge on any atom is 0.329 e. The molecule has 0 saturated heterocycles. The summed E-state index contributed by atoms with van der Waals surface area (Å²) in [5, 5.41) is 14.6.